The molecule has 6 heteroatoms. The van der Waals surface area contributed by atoms with Crippen LogP contribution in [0.5, 0.6) is 0 Å². The van der Waals surface area contributed by atoms with E-state index in [1.165, 1.54) is 25.9 Å². The van der Waals surface area contributed by atoms with Crippen LogP contribution in [0.4, 0.5) is 0 Å². The van der Waals surface area contributed by atoms with E-state index in [9.17, 15) is 4.79 Å². The van der Waals surface area contributed by atoms with Gasteiger partial charge in [0.15, 0.2) is 0 Å². The molecular weight excluding hydrogens is 324 g/mol. The minimum atomic E-state index is -0.536. The van der Waals surface area contributed by atoms with Crippen LogP contribution in [-0.2, 0) is 4.79 Å². The van der Waals surface area contributed by atoms with E-state index in [0.29, 0.717) is 6.04 Å². The van der Waals surface area contributed by atoms with E-state index in [1.807, 2.05) is 35.2 Å². The van der Waals surface area contributed by atoms with Gasteiger partial charge in [0.1, 0.15) is 6.04 Å². The fraction of sp³-hybridized carbons (Fsp3) is 0.611. The minimum absolute atomic E-state index is 0. The van der Waals surface area contributed by atoms with Crippen molar-refractivity contribution in [2.45, 2.75) is 24.9 Å². The molecule has 2 fully saturated rings. The van der Waals surface area contributed by atoms with Crippen LogP contribution < -0.4 is 5.73 Å². The molecule has 1 aromatic carbocycles. The molecular formula is C18H29ClN4O. The highest BCUT2D eigenvalue weighted by atomic mass is 35.5. The maximum absolute atomic E-state index is 12.6. The van der Waals surface area contributed by atoms with Gasteiger partial charge in [-0.2, -0.15) is 0 Å². The van der Waals surface area contributed by atoms with Gasteiger partial charge in [0.2, 0.25) is 5.91 Å². The number of nitrogens with two attached hydrogens (primary N) is 1. The topological polar surface area (TPSA) is 52.8 Å². The molecule has 24 heavy (non-hydrogen) atoms. The summed E-state index contributed by atoms with van der Waals surface area (Å²) in [5.74, 6) is 0.0548. The number of amides is 1. The third-order valence-electron chi connectivity index (χ3n) is 5.26. The molecule has 1 aromatic rings. The summed E-state index contributed by atoms with van der Waals surface area (Å²) in [6.45, 7) is 5.91. The molecule has 0 radical (unpaired) electrons. The summed E-state index contributed by atoms with van der Waals surface area (Å²) in [5.41, 5.74) is 7.05. The second-order valence-electron chi connectivity index (χ2n) is 6.78. The summed E-state index contributed by atoms with van der Waals surface area (Å²) in [7, 11) is 2.19. The quantitative estimate of drug-likeness (QED) is 0.892. The molecule has 2 saturated heterocycles. The van der Waals surface area contributed by atoms with Crippen molar-refractivity contribution in [1.82, 2.24) is 14.7 Å². The van der Waals surface area contributed by atoms with Crippen molar-refractivity contribution in [3.63, 3.8) is 0 Å². The van der Waals surface area contributed by atoms with Crippen LogP contribution in [0.2, 0.25) is 0 Å². The number of carbonyl (C=O) groups is 1. The molecule has 2 aliphatic heterocycles. The molecule has 0 bridgehead atoms. The maximum Gasteiger partial charge on any atom is 0.244 e. The Morgan fingerprint density at radius 1 is 1.04 bits per heavy atom. The number of likely N-dealkylation sites (tertiary alicyclic amines) is 1. The number of piperidine rings is 1. The molecule has 0 spiro atoms. The van der Waals surface area contributed by atoms with Crippen LogP contribution in [0.25, 0.3) is 0 Å². The summed E-state index contributed by atoms with van der Waals surface area (Å²) in [6, 6.07) is 9.81. The van der Waals surface area contributed by atoms with Crippen molar-refractivity contribution >= 4 is 18.3 Å². The van der Waals surface area contributed by atoms with E-state index in [2.05, 4.69) is 16.8 Å². The van der Waals surface area contributed by atoms with E-state index >= 15 is 0 Å². The van der Waals surface area contributed by atoms with Gasteiger partial charge in [-0.1, -0.05) is 30.3 Å². The van der Waals surface area contributed by atoms with Crippen molar-refractivity contribution in [1.29, 1.82) is 0 Å². The van der Waals surface area contributed by atoms with E-state index in [4.69, 9.17) is 5.73 Å². The van der Waals surface area contributed by atoms with Gasteiger partial charge < -0.3 is 15.5 Å². The van der Waals surface area contributed by atoms with Crippen LogP contribution in [0, 0.1) is 0 Å². The molecule has 2 heterocycles. The van der Waals surface area contributed by atoms with Gasteiger partial charge >= 0.3 is 0 Å². The Kier molecular flexibility index (Phi) is 7.04. The summed E-state index contributed by atoms with van der Waals surface area (Å²) in [6.07, 6.45) is 2.49. The second kappa shape index (κ2) is 8.81. The predicted molar refractivity (Wildman–Crippen MR) is 99.3 cm³/mol. The third kappa shape index (κ3) is 4.48. The Balaban J connectivity index is 0.00000208. The molecule has 2 aliphatic rings. The first-order valence-corrected chi connectivity index (χ1v) is 8.67. The highest BCUT2D eigenvalue weighted by Gasteiger charge is 2.30. The van der Waals surface area contributed by atoms with E-state index in [-0.39, 0.29) is 18.3 Å². The maximum atomic E-state index is 12.6. The average Bonchev–Trinajstić information content (AvgIpc) is 2.62. The van der Waals surface area contributed by atoms with Gasteiger partial charge in [-0.25, -0.2) is 0 Å². The van der Waals surface area contributed by atoms with Crippen LogP contribution in [-0.4, -0.2) is 73.0 Å². The number of piperazine rings is 1. The van der Waals surface area contributed by atoms with E-state index in [0.717, 1.165) is 31.7 Å². The molecule has 0 aromatic heterocycles. The fourth-order valence-electron chi connectivity index (χ4n) is 3.67. The van der Waals surface area contributed by atoms with Gasteiger partial charge in [-0.15, -0.1) is 12.4 Å². The number of benzene rings is 1. The smallest absolute Gasteiger partial charge is 0.244 e. The number of rotatable bonds is 3. The predicted octanol–water partition coefficient (Wildman–Crippen LogP) is 1.35. The zero-order chi connectivity index (χ0) is 16.2. The highest BCUT2D eigenvalue weighted by molar-refractivity contribution is 5.85. The number of carbonyl (C=O) groups excluding carboxylic acids is 1. The Bertz CT molecular complexity index is 511. The second-order valence-corrected chi connectivity index (χ2v) is 6.78. The largest absolute Gasteiger partial charge is 0.338 e. The Morgan fingerprint density at radius 3 is 2.21 bits per heavy atom. The lowest BCUT2D eigenvalue weighted by Crippen LogP contribution is -2.55. The first-order chi connectivity index (χ1) is 11.1. The monoisotopic (exact) mass is 352 g/mol. The van der Waals surface area contributed by atoms with Crippen molar-refractivity contribution in [2.24, 2.45) is 5.73 Å². The first-order valence-electron chi connectivity index (χ1n) is 8.67. The molecule has 5 nitrogen and oxygen atoms in total. The zero-order valence-electron chi connectivity index (χ0n) is 14.4. The normalized spacial score (nSPS) is 22.0. The molecule has 2 N–H and O–H groups in total. The van der Waals surface area contributed by atoms with Crippen molar-refractivity contribution < 1.29 is 4.79 Å². The Labute approximate surface area is 151 Å². The minimum Gasteiger partial charge on any atom is -0.338 e. The Hall–Kier alpha value is -1.14. The Morgan fingerprint density at radius 2 is 1.62 bits per heavy atom. The van der Waals surface area contributed by atoms with Crippen LogP contribution in [0.15, 0.2) is 30.3 Å². The average molecular weight is 353 g/mol. The first kappa shape index (κ1) is 19.2. The van der Waals surface area contributed by atoms with Crippen molar-refractivity contribution in [3.05, 3.63) is 35.9 Å². The number of halogens is 1. The molecule has 1 atom stereocenters. The van der Waals surface area contributed by atoms with Crippen LogP contribution >= 0.6 is 12.4 Å². The lowest BCUT2D eigenvalue weighted by atomic mass is 10.0. The molecule has 1 amide bonds. The lowest BCUT2D eigenvalue weighted by Gasteiger charge is -2.42. The van der Waals surface area contributed by atoms with Crippen LogP contribution in [0.1, 0.15) is 24.4 Å². The highest BCUT2D eigenvalue weighted by Crippen LogP contribution is 2.19. The summed E-state index contributed by atoms with van der Waals surface area (Å²) < 4.78 is 0. The summed E-state index contributed by atoms with van der Waals surface area (Å²) in [4.78, 5) is 19.5. The lowest BCUT2D eigenvalue weighted by molar-refractivity contribution is -0.135. The molecule has 0 unspecified atom stereocenters. The summed E-state index contributed by atoms with van der Waals surface area (Å²) in [5, 5.41) is 0. The number of hydrogen-bond donors (Lipinski definition) is 1. The molecule has 3 rings (SSSR count). The third-order valence-corrected chi connectivity index (χ3v) is 5.26. The van der Waals surface area contributed by atoms with E-state index in [1.54, 1.807) is 0 Å². The standard InChI is InChI=1S/C18H28N4O.ClH/c1-20-9-7-16(8-10-20)21-11-13-22(14-12-21)18(23)17(19)15-5-3-2-4-6-15;/h2-6,16-17H,7-14,19H2,1H3;1H/t17-;/m1./s1. The van der Waals surface area contributed by atoms with Gasteiger partial charge in [0, 0.05) is 32.2 Å². The van der Waals surface area contributed by atoms with Gasteiger partial charge in [0.25, 0.3) is 0 Å². The van der Waals surface area contributed by atoms with Crippen molar-refractivity contribution in [2.75, 3.05) is 46.3 Å². The molecule has 134 valence electrons. The summed E-state index contributed by atoms with van der Waals surface area (Å²) >= 11 is 0. The number of nitrogens with zero attached hydrogens (tertiary/aromatic N) is 3. The number of hydrogen-bond acceptors (Lipinski definition) is 4. The van der Waals surface area contributed by atoms with Crippen molar-refractivity contribution in [3.8, 4) is 0 Å². The van der Waals surface area contributed by atoms with E-state index < -0.39 is 6.04 Å². The van der Waals surface area contributed by atoms with Gasteiger partial charge in [-0.3, -0.25) is 9.69 Å². The fourth-order valence-corrected chi connectivity index (χ4v) is 3.67. The molecule has 0 saturated carbocycles. The zero-order valence-corrected chi connectivity index (χ0v) is 15.3. The van der Waals surface area contributed by atoms with Gasteiger partial charge in [-0.05, 0) is 38.5 Å². The molecule has 0 aliphatic carbocycles. The van der Waals surface area contributed by atoms with Gasteiger partial charge in [0.05, 0.1) is 0 Å². The SMILES string of the molecule is CN1CCC(N2CCN(C(=O)[C@H](N)c3ccccc3)CC2)CC1.Cl. The van der Waals surface area contributed by atoms with Crippen LogP contribution in [0.3, 0.4) is 0 Å².